The first-order valence-electron chi connectivity index (χ1n) is 12.2. The van der Waals surface area contributed by atoms with E-state index < -0.39 is 45.4 Å². The third-order valence-corrected chi connectivity index (χ3v) is 7.97. The third kappa shape index (κ3) is 9.09. The molecular formula is C24H44N4O5S2. The third-order valence-electron chi connectivity index (χ3n) is 6.33. The van der Waals surface area contributed by atoms with Crippen LogP contribution in [0.5, 0.6) is 0 Å². The van der Waals surface area contributed by atoms with Crippen molar-refractivity contribution in [1.82, 2.24) is 14.5 Å². The minimum atomic E-state index is -3.76. The lowest BCUT2D eigenvalue weighted by Crippen LogP contribution is -2.62. The average molecular weight is 533 g/mol. The Morgan fingerprint density at radius 3 is 2.31 bits per heavy atom. The van der Waals surface area contributed by atoms with E-state index in [4.69, 9.17) is 5.73 Å². The van der Waals surface area contributed by atoms with Gasteiger partial charge in [-0.3, -0.25) is 19.3 Å². The largest absolute Gasteiger partial charge is 0.368 e. The van der Waals surface area contributed by atoms with E-state index in [2.05, 4.69) is 17.4 Å². The van der Waals surface area contributed by atoms with E-state index in [9.17, 15) is 22.8 Å². The van der Waals surface area contributed by atoms with Crippen molar-refractivity contribution in [2.24, 2.45) is 17.1 Å². The normalized spacial score (nSPS) is 19.8. The first kappa shape index (κ1) is 31.4. The number of nitrogens with two attached hydrogens (primary N) is 1. The number of carbonyl (C=O) groups excluding carboxylic acids is 3. The maximum absolute atomic E-state index is 13.9. The van der Waals surface area contributed by atoms with E-state index in [1.807, 2.05) is 39.5 Å². The Balaban J connectivity index is 3.25. The minimum Gasteiger partial charge on any atom is -0.368 e. The highest BCUT2D eigenvalue weighted by molar-refractivity contribution is 7.90. The summed E-state index contributed by atoms with van der Waals surface area (Å²) in [6.07, 6.45) is 4.34. The number of primary amides is 1. The fraction of sp³-hybridized carbons (Fsp3) is 0.792. The van der Waals surface area contributed by atoms with E-state index in [1.165, 1.54) is 6.92 Å². The summed E-state index contributed by atoms with van der Waals surface area (Å²) in [5.74, 6) is -1.16. The van der Waals surface area contributed by atoms with Gasteiger partial charge in [0.2, 0.25) is 21.8 Å². The second kappa shape index (κ2) is 13.1. The first-order valence-corrected chi connectivity index (χ1v) is 14.5. The topological polar surface area (TPSA) is 130 Å². The SMILES string of the molecule is C/C(=C\[C@H](C(C)C)N(C)C(=O)[C@@H](N1CCCCC1C(N)=O)C(C)(C)C)C(=O)NS(=O)(=O)CCCS. The standard InChI is InChI=1S/C24H44N4O5S2/c1-16(2)19(15-17(3)22(30)26-35(32,33)14-10-13-34)27(7)23(31)20(24(4,5)6)28-12-9-8-11-18(28)21(25)29/h15-16,18-20,34H,8-14H2,1-7H3,(H2,25,29)(H,26,30)/b17-15+/t18?,19-,20-/m1/s1. The number of piperidine rings is 1. The van der Waals surface area contributed by atoms with Gasteiger partial charge in [-0.1, -0.05) is 47.1 Å². The fourth-order valence-electron chi connectivity index (χ4n) is 4.53. The molecule has 202 valence electrons. The van der Waals surface area contributed by atoms with Gasteiger partial charge < -0.3 is 10.6 Å². The van der Waals surface area contributed by atoms with Crippen molar-refractivity contribution >= 4 is 40.4 Å². The predicted molar refractivity (Wildman–Crippen MR) is 142 cm³/mol. The Labute approximate surface area is 216 Å². The van der Waals surface area contributed by atoms with Crippen LogP contribution in [0.15, 0.2) is 11.6 Å². The van der Waals surface area contributed by atoms with Gasteiger partial charge >= 0.3 is 0 Å². The Morgan fingerprint density at radius 2 is 1.83 bits per heavy atom. The predicted octanol–water partition coefficient (Wildman–Crippen LogP) is 1.94. The quantitative estimate of drug-likeness (QED) is 0.275. The molecule has 0 aromatic heterocycles. The molecule has 0 radical (unpaired) electrons. The van der Waals surface area contributed by atoms with Crippen molar-refractivity contribution in [2.45, 2.75) is 85.4 Å². The van der Waals surface area contributed by atoms with Crippen LogP contribution in [0.25, 0.3) is 0 Å². The fourth-order valence-corrected chi connectivity index (χ4v) is 5.97. The van der Waals surface area contributed by atoms with Crippen molar-refractivity contribution in [1.29, 1.82) is 0 Å². The summed E-state index contributed by atoms with van der Waals surface area (Å²) in [4.78, 5) is 42.2. The Bertz CT molecular complexity index is 896. The molecule has 1 aliphatic rings. The smallest absolute Gasteiger partial charge is 0.260 e. The number of nitrogens with one attached hydrogen (secondary N) is 1. The molecular weight excluding hydrogens is 488 g/mol. The molecule has 11 heteroatoms. The molecule has 0 aromatic carbocycles. The number of hydrogen-bond donors (Lipinski definition) is 3. The van der Waals surface area contributed by atoms with Gasteiger partial charge in [0, 0.05) is 12.6 Å². The number of amides is 3. The lowest BCUT2D eigenvalue weighted by molar-refractivity contribution is -0.146. The number of nitrogens with zero attached hydrogens (tertiary/aromatic N) is 2. The number of likely N-dealkylation sites (tertiary alicyclic amines) is 1. The summed E-state index contributed by atoms with van der Waals surface area (Å²) < 4.78 is 26.3. The Hall–Kier alpha value is -1.59. The van der Waals surface area contributed by atoms with Crippen molar-refractivity contribution in [3.05, 3.63) is 11.6 Å². The zero-order valence-electron chi connectivity index (χ0n) is 22.2. The summed E-state index contributed by atoms with van der Waals surface area (Å²) in [5, 5.41) is 0. The lowest BCUT2D eigenvalue weighted by Gasteiger charge is -2.46. The molecule has 9 nitrogen and oxygen atoms in total. The highest BCUT2D eigenvalue weighted by Gasteiger charge is 2.44. The molecule has 0 spiro atoms. The van der Waals surface area contributed by atoms with Gasteiger partial charge in [-0.25, -0.2) is 13.1 Å². The average Bonchev–Trinajstić information content (AvgIpc) is 2.74. The zero-order chi connectivity index (χ0) is 27.1. The summed E-state index contributed by atoms with van der Waals surface area (Å²) in [7, 11) is -2.08. The van der Waals surface area contributed by atoms with Gasteiger partial charge in [0.15, 0.2) is 0 Å². The molecule has 3 amide bonds. The number of hydrogen-bond acceptors (Lipinski definition) is 7. The van der Waals surface area contributed by atoms with Gasteiger partial charge in [0.25, 0.3) is 5.91 Å². The second-order valence-electron chi connectivity index (χ2n) is 10.8. The maximum atomic E-state index is 13.9. The highest BCUT2D eigenvalue weighted by atomic mass is 32.2. The number of carbonyl (C=O) groups is 3. The van der Waals surface area contributed by atoms with Gasteiger partial charge in [-0.05, 0) is 49.8 Å². The highest BCUT2D eigenvalue weighted by Crippen LogP contribution is 2.32. The van der Waals surface area contributed by atoms with Gasteiger partial charge in [0.05, 0.1) is 23.9 Å². The van der Waals surface area contributed by atoms with Crippen LogP contribution >= 0.6 is 12.6 Å². The molecule has 3 N–H and O–H groups in total. The minimum absolute atomic E-state index is 0.0543. The first-order chi connectivity index (χ1) is 16.0. The van der Waals surface area contributed by atoms with Crippen molar-refractivity contribution in [3.8, 4) is 0 Å². The summed E-state index contributed by atoms with van der Waals surface area (Å²) in [6.45, 7) is 11.9. The van der Waals surface area contributed by atoms with E-state index in [-0.39, 0.29) is 23.2 Å². The number of thiol groups is 1. The van der Waals surface area contributed by atoms with E-state index in [0.717, 1.165) is 12.8 Å². The molecule has 0 saturated carbocycles. The molecule has 1 saturated heterocycles. The second-order valence-corrected chi connectivity index (χ2v) is 13.1. The molecule has 1 fully saturated rings. The Kier molecular flexibility index (Phi) is 11.8. The molecule has 35 heavy (non-hydrogen) atoms. The number of rotatable bonds is 11. The van der Waals surface area contributed by atoms with Crippen LogP contribution in [-0.2, 0) is 24.4 Å². The van der Waals surface area contributed by atoms with Gasteiger partial charge in [0.1, 0.15) is 0 Å². The van der Waals surface area contributed by atoms with Gasteiger partial charge in [-0.15, -0.1) is 0 Å². The molecule has 1 heterocycles. The van der Waals surface area contributed by atoms with Crippen molar-refractivity contribution < 1.29 is 22.8 Å². The van der Waals surface area contributed by atoms with Gasteiger partial charge in [-0.2, -0.15) is 12.6 Å². The molecule has 1 unspecified atom stereocenters. The summed E-state index contributed by atoms with van der Waals surface area (Å²) in [5.41, 5.74) is 5.42. The van der Waals surface area contributed by atoms with Crippen molar-refractivity contribution in [3.63, 3.8) is 0 Å². The van der Waals surface area contributed by atoms with Crippen LogP contribution < -0.4 is 10.5 Å². The van der Waals surface area contributed by atoms with Crippen LogP contribution in [0, 0.1) is 11.3 Å². The number of sulfonamides is 1. The van der Waals surface area contributed by atoms with E-state index in [0.29, 0.717) is 25.1 Å². The van der Waals surface area contributed by atoms with Crippen molar-refractivity contribution in [2.75, 3.05) is 25.1 Å². The zero-order valence-corrected chi connectivity index (χ0v) is 23.9. The van der Waals surface area contributed by atoms with Crippen LogP contribution in [-0.4, -0.2) is 79.2 Å². The summed E-state index contributed by atoms with van der Waals surface area (Å²) >= 11 is 4.01. The van der Waals surface area contributed by atoms with Crippen LogP contribution in [0.1, 0.15) is 67.2 Å². The van der Waals surface area contributed by atoms with E-state index >= 15 is 0 Å². The molecule has 3 atom stereocenters. The molecule has 1 aliphatic heterocycles. The molecule has 0 aliphatic carbocycles. The molecule has 0 aromatic rings. The number of likely N-dealkylation sites (N-methyl/N-ethyl adjacent to an activating group) is 1. The van der Waals surface area contributed by atoms with Crippen LogP contribution in [0.4, 0.5) is 0 Å². The molecule has 1 rings (SSSR count). The monoisotopic (exact) mass is 532 g/mol. The summed E-state index contributed by atoms with van der Waals surface area (Å²) in [6, 6.07) is -1.56. The van der Waals surface area contributed by atoms with Crippen LogP contribution in [0.3, 0.4) is 0 Å². The van der Waals surface area contributed by atoms with Crippen LogP contribution in [0.2, 0.25) is 0 Å². The Morgan fingerprint density at radius 1 is 1.23 bits per heavy atom. The lowest BCUT2D eigenvalue weighted by atomic mass is 9.81. The van der Waals surface area contributed by atoms with E-state index in [1.54, 1.807) is 18.0 Å². The molecule has 0 bridgehead atoms. The maximum Gasteiger partial charge on any atom is 0.260 e.